The van der Waals surface area contributed by atoms with Gasteiger partial charge in [-0.25, -0.2) is 19.8 Å². The zero-order valence-electron chi connectivity index (χ0n) is 18.0. The Morgan fingerprint density at radius 3 is 2.39 bits per heavy atom. The first kappa shape index (κ1) is 23.9. The standard InChI is InChI=1S/C22H29FN4O4/c1-22(2,3)31-21(29)25-11-12-27(24)19-10-9-17(13-18(19)23)14-26-20(28)30-15-16-7-5-4-6-8-16/h4-10,13H,11-12,14-15,24H2,1-3H3,(H,25,29)(H,26,28). The van der Waals surface area contributed by atoms with E-state index in [4.69, 9.17) is 15.3 Å². The first-order valence-corrected chi connectivity index (χ1v) is 9.86. The van der Waals surface area contributed by atoms with Gasteiger partial charge in [0.1, 0.15) is 18.0 Å². The number of nitrogens with one attached hydrogen (secondary N) is 2. The lowest BCUT2D eigenvalue weighted by atomic mass is 10.2. The summed E-state index contributed by atoms with van der Waals surface area (Å²) in [4.78, 5) is 23.4. The van der Waals surface area contributed by atoms with E-state index in [2.05, 4.69) is 10.6 Å². The van der Waals surface area contributed by atoms with Crippen molar-refractivity contribution in [3.05, 3.63) is 65.5 Å². The minimum Gasteiger partial charge on any atom is -0.445 e. The number of anilines is 1. The maximum Gasteiger partial charge on any atom is 0.407 e. The molecule has 0 atom stereocenters. The Balaban J connectivity index is 1.77. The van der Waals surface area contributed by atoms with Gasteiger partial charge in [0.25, 0.3) is 0 Å². The van der Waals surface area contributed by atoms with Crippen LogP contribution in [0.1, 0.15) is 31.9 Å². The molecule has 168 valence electrons. The number of benzene rings is 2. The Bertz CT molecular complexity index is 872. The van der Waals surface area contributed by atoms with Crippen LogP contribution in [-0.4, -0.2) is 30.9 Å². The van der Waals surface area contributed by atoms with Crippen LogP contribution >= 0.6 is 0 Å². The molecule has 0 heterocycles. The molecule has 0 bridgehead atoms. The van der Waals surface area contributed by atoms with Crippen molar-refractivity contribution in [2.45, 2.75) is 39.5 Å². The Kier molecular flexibility index (Phi) is 8.63. The summed E-state index contributed by atoms with van der Waals surface area (Å²) in [6, 6.07) is 13.7. The number of ether oxygens (including phenoxy) is 2. The predicted molar refractivity (Wildman–Crippen MR) is 116 cm³/mol. The summed E-state index contributed by atoms with van der Waals surface area (Å²) < 4.78 is 24.7. The van der Waals surface area contributed by atoms with Gasteiger partial charge in [0, 0.05) is 13.1 Å². The normalized spacial score (nSPS) is 10.9. The van der Waals surface area contributed by atoms with Crippen LogP contribution in [0.25, 0.3) is 0 Å². The van der Waals surface area contributed by atoms with Crippen LogP contribution in [0.4, 0.5) is 19.7 Å². The maximum atomic E-state index is 14.4. The molecule has 9 heteroatoms. The van der Waals surface area contributed by atoms with Crippen molar-refractivity contribution < 1.29 is 23.5 Å². The number of hydrogen-bond acceptors (Lipinski definition) is 6. The molecule has 0 unspecified atom stereocenters. The summed E-state index contributed by atoms with van der Waals surface area (Å²) in [7, 11) is 0. The van der Waals surface area contributed by atoms with Crippen molar-refractivity contribution in [3.8, 4) is 0 Å². The first-order valence-electron chi connectivity index (χ1n) is 9.86. The lowest BCUT2D eigenvalue weighted by Gasteiger charge is -2.22. The van der Waals surface area contributed by atoms with Gasteiger partial charge < -0.3 is 25.1 Å². The zero-order chi connectivity index (χ0) is 22.9. The highest BCUT2D eigenvalue weighted by atomic mass is 19.1. The van der Waals surface area contributed by atoms with Crippen molar-refractivity contribution in [1.29, 1.82) is 0 Å². The third-order valence-corrected chi connectivity index (χ3v) is 3.99. The van der Waals surface area contributed by atoms with E-state index in [9.17, 15) is 14.0 Å². The molecule has 0 spiro atoms. The summed E-state index contributed by atoms with van der Waals surface area (Å²) >= 11 is 0. The topological polar surface area (TPSA) is 106 Å². The fourth-order valence-electron chi connectivity index (χ4n) is 2.55. The molecule has 0 saturated carbocycles. The van der Waals surface area contributed by atoms with Gasteiger partial charge in [-0.15, -0.1) is 0 Å². The molecule has 2 rings (SSSR count). The molecule has 2 amide bonds. The van der Waals surface area contributed by atoms with E-state index in [1.165, 1.54) is 17.1 Å². The van der Waals surface area contributed by atoms with E-state index in [1.807, 2.05) is 30.3 Å². The summed E-state index contributed by atoms with van der Waals surface area (Å²) in [6.07, 6.45) is -1.16. The van der Waals surface area contributed by atoms with E-state index < -0.39 is 23.6 Å². The first-order chi connectivity index (χ1) is 14.6. The molecule has 0 aliphatic heterocycles. The molecular formula is C22H29FN4O4. The van der Waals surface area contributed by atoms with Crippen LogP contribution in [0.15, 0.2) is 48.5 Å². The quantitative estimate of drug-likeness (QED) is 0.436. The molecule has 2 aromatic carbocycles. The van der Waals surface area contributed by atoms with E-state index in [0.717, 1.165) is 5.56 Å². The van der Waals surface area contributed by atoms with Crippen LogP contribution in [0.2, 0.25) is 0 Å². The Morgan fingerprint density at radius 1 is 1.03 bits per heavy atom. The second kappa shape index (κ2) is 11.2. The second-order valence-electron chi connectivity index (χ2n) is 7.82. The van der Waals surface area contributed by atoms with Crippen molar-refractivity contribution in [2.75, 3.05) is 18.1 Å². The molecule has 4 N–H and O–H groups in total. The van der Waals surface area contributed by atoms with E-state index in [1.54, 1.807) is 26.8 Å². The monoisotopic (exact) mass is 432 g/mol. The minimum atomic E-state index is -0.601. The molecule has 0 aliphatic rings. The molecule has 0 fully saturated rings. The third-order valence-electron chi connectivity index (χ3n) is 3.99. The number of nitrogens with two attached hydrogens (primary N) is 1. The maximum absolute atomic E-state index is 14.4. The van der Waals surface area contributed by atoms with Gasteiger partial charge in [-0.3, -0.25) is 0 Å². The number of rotatable bonds is 8. The summed E-state index contributed by atoms with van der Waals surface area (Å²) in [5.41, 5.74) is 0.994. The van der Waals surface area contributed by atoms with Crippen molar-refractivity contribution >= 4 is 17.9 Å². The van der Waals surface area contributed by atoms with E-state index in [-0.39, 0.29) is 31.9 Å². The van der Waals surface area contributed by atoms with Crippen LogP contribution < -0.4 is 21.5 Å². The number of carbonyl (C=O) groups excluding carboxylic acids is 2. The Morgan fingerprint density at radius 2 is 1.74 bits per heavy atom. The number of nitrogens with zero attached hydrogens (tertiary/aromatic N) is 1. The van der Waals surface area contributed by atoms with E-state index >= 15 is 0 Å². The third kappa shape index (κ3) is 8.91. The number of alkyl carbamates (subject to hydrolysis) is 2. The smallest absolute Gasteiger partial charge is 0.407 e. The molecule has 31 heavy (non-hydrogen) atoms. The minimum absolute atomic E-state index is 0.107. The van der Waals surface area contributed by atoms with Gasteiger partial charge in [-0.1, -0.05) is 36.4 Å². The number of amides is 2. The van der Waals surface area contributed by atoms with Crippen LogP contribution in [0.3, 0.4) is 0 Å². The lowest BCUT2D eigenvalue weighted by molar-refractivity contribution is 0.0529. The predicted octanol–water partition coefficient (Wildman–Crippen LogP) is 3.46. The van der Waals surface area contributed by atoms with Crippen molar-refractivity contribution in [1.82, 2.24) is 10.6 Å². The lowest BCUT2D eigenvalue weighted by Crippen LogP contribution is -2.41. The average molecular weight is 432 g/mol. The highest BCUT2D eigenvalue weighted by Gasteiger charge is 2.16. The molecule has 8 nitrogen and oxygen atoms in total. The van der Waals surface area contributed by atoms with E-state index in [0.29, 0.717) is 5.56 Å². The van der Waals surface area contributed by atoms with Crippen LogP contribution in [-0.2, 0) is 22.6 Å². The Hall–Kier alpha value is -3.33. The molecule has 0 saturated heterocycles. The highest BCUT2D eigenvalue weighted by molar-refractivity contribution is 5.68. The van der Waals surface area contributed by atoms with Gasteiger partial charge in [0.05, 0.1) is 12.2 Å². The summed E-state index contributed by atoms with van der Waals surface area (Å²) in [5.74, 6) is 5.34. The number of hydrogen-bond donors (Lipinski definition) is 3. The van der Waals surface area contributed by atoms with Crippen LogP contribution in [0.5, 0.6) is 0 Å². The van der Waals surface area contributed by atoms with Gasteiger partial charge in [0.2, 0.25) is 0 Å². The fourth-order valence-corrected chi connectivity index (χ4v) is 2.55. The van der Waals surface area contributed by atoms with Gasteiger partial charge >= 0.3 is 12.2 Å². The zero-order valence-corrected chi connectivity index (χ0v) is 18.0. The molecular weight excluding hydrogens is 403 g/mol. The van der Waals surface area contributed by atoms with Gasteiger partial charge in [-0.05, 0) is 44.0 Å². The fraction of sp³-hybridized carbons (Fsp3) is 0.364. The highest BCUT2D eigenvalue weighted by Crippen LogP contribution is 2.18. The van der Waals surface area contributed by atoms with Crippen molar-refractivity contribution in [2.24, 2.45) is 5.84 Å². The SMILES string of the molecule is CC(C)(C)OC(=O)NCCN(N)c1ccc(CNC(=O)OCc2ccccc2)cc1F. The number of halogens is 1. The molecule has 0 aliphatic carbocycles. The second-order valence-corrected chi connectivity index (χ2v) is 7.82. The molecule has 0 aromatic heterocycles. The largest absolute Gasteiger partial charge is 0.445 e. The number of hydrazine groups is 1. The average Bonchev–Trinajstić information content (AvgIpc) is 2.70. The summed E-state index contributed by atoms with van der Waals surface area (Å²) in [6.45, 7) is 5.90. The molecule has 2 aromatic rings. The summed E-state index contributed by atoms with van der Waals surface area (Å²) in [5, 5.41) is 6.33. The van der Waals surface area contributed by atoms with Gasteiger partial charge in [0.15, 0.2) is 0 Å². The van der Waals surface area contributed by atoms with Gasteiger partial charge in [-0.2, -0.15) is 0 Å². The number of carbonyl (C=O) groups is 2. The Labute approximate surface area is 181 Å². The van der Waals surface area contributed by atoms with Crippen LogP contribution in [0, 0.1) is 5.82 Å². The van der Waals surface area contributed by atoms with Crippen molar-refractivity contribution in [3.63, 3.8) is 0 Å². The molecule has 0 radical (unpaired) electrons.